The Balaban J connectivity index is 2.33. The van der Waals surface area contributed by atoms with Crippen molar-refractivity contribution in [2.24, 2.45) is 0 Å². The first-order chi connectivity index (χ1) is 8.58. The smallest absolute Gasteiger partial charge is 0.291 e. The van der Waals surface area contributed by atoms with Crippen LogP contribution < -0.4 is 4.74 Å². The lowest BCUT2D eigenvalue weighted by molar-refractivity contribution is -0.384. The molecule has 0 saturated heterocycles. The second-order valence-corrected chi connectivity index (χ2v) is 4.15. The average molecular weight is 264 g/mol. The zero-order valence-electron chi connectivity index (χ0n) is 9.59. The number of nitrogens with zero attached hydrogens (tertiary/aromatic N) is 1. The van der Waals surface area contributed by atoms with Crippen molar-refractivity contribution in [3.63, 3.8) is 0 Å². The molecular formula is C13H10ClNO3. The van der Waals surface area contributed by atoms with Crippen LogP contribution in [-0.2, 0) is 0 Å². The Labute approximate surface area is 109 Å². The van der Waals surface area contributed by atoms with Gasteiger partial charge in [0.05, 0.1) is 11.0 Å². The second-order valence-electron chi connectivity index (χ2n) is 3.74. The number of aryl methyl sites for hydroxylation is 1. The number of halogens is 1. The first-order valence-corrected chi connectivity index (χ1v) is 5.63. The van der Waals surface area contributed by atoms with Crippen LogP contribution in [0.5, 0.6) is 11.5 Å². The number of rotatable bonds is 3. The molecule has 0 fully saturated rings. The van der Waals surface area contributed by atoms with Crippen molar-refractivity contribution in [2.45, 2.75) is 6.92 Å². The van der Waals surface area contributed by atoms with E-state index in [4.69, 9.17) is 16.3 Å². The highest BCUT2D eigenvalue weighted by atomic mass is 35.5. The quantitative estimate of drug-likeness (QED) is 0.611. The Bertz CT molecular complexity index is 599. The highest BCUT2D eigenvalue weighted by molar-refractivity contribution is 6.32. The number of hydrogen-bond acceptors (Lipinski definition) is 3. The van der Waals surface area contributed by atoms with Crippen LogP contribution in [0.1, 0.15) is 5.56 Å². The lowest BCUT2D eigenvalue weighted by Gasteiger charge is -2.08. The summed E-state index contributed by atoms with van der Waals surface area (Å²) in [7, 11) is 0. The van der Waals surface area contributed by atoms with Crippen LogP contribution in [0, 0.1) is 17.0 Å². The van der Waals surface area contributed by atoms with Crippen LogP contribution in [0.15, 0.2) is 42.5 Å². The molecule has 2 aromatic rings. The molecule has 0 atom stereocenters. The molecule has 0 aliphatic carbocycles. The Morgan fingerprint density at radius 3 is 2.61 bits per heavy atom. The van der Waals surface area contributed by atoms with Crippen LogP contribution in [0.2, 0.25) is 5.02 Å². The molecule has 0 aliphatic rings. The molecule has 0 amide bonds. The van der Waals surface area contributed by atoms with Gasteiger partial charge in [0.2, 0.25) is 0 Å². The van der Waals surface area contributed by atoms with E-state index in [9.17, 15) is 10.1 Å². The van der Waals surface area contributed by atoms with Gasteiger partial charge in [0.15, 0.2) is 0 Å². The molecule has 0 N–H and O–H groups in total. The van der Waals surface area contributed by atoms with E-state index in [1.54, 1.807) is 12.1 Å². The lowest BCUT2D eigenvalue weighted by atomic mass is 10.2. The monoisotopic (exact) mass is 263 g/mol. The van der Waals surface area contributed by atoms with Crippen LogP contribution in [0.4, 0.5) is 5.69 Å². The molecule has 92 valence electrons. The predicted molar refractivity (Wildman–Crippen MR) is 69.4 cm³/mol. The fraction of sp³-hybridized carbons (Fsp3) is 0.0769. The van der Waals surface area contributed by atoms with Crippen LogP contribution in [0.3, 0.4) is 0 Å². The van der Waals surface area contributed by atoms with Crippen molar-refractivity contribution < 1.29 is 9.66 Å². The maximum atomic E-state index is 10.8. The largest absolute Gasteiger partial charge is 0.457 e. The third-order valence-electron chi connectivity index (χ3n) is 2.44. The highest BCUT2D eigenvalue weighted by Crippen LogP contribution is 2.31. The van der Waals surface area contributed by atoms with E-state index < -0.39 is 4.92 Å². The molecular weight excluding hydrogens is 254 g/mol. The van der Waals surface area contributed by atoms with Crippen molar-refractivity contribution in [3.05, 3.63) is 63.2 Å². The van der Waals surface area contributed by atoms with E-state index in [0.717, 1.165) is 5.56 Å². The van der Waals surface area contributed by atoms with Crippen molar-refractivity contribution >= 4 is 17.3 Å². The standard InChI is InChI=1S/C13H10ClNO3/c1-9-4-2-3-5-13(9)18-10-6-7-11(14)12(8-10)15(16)17/h2-8H,1H3. The number of hydrogen-bond donors (Lipinski definition) is 0. The third-order valence-corrected chi connectivity index (χ3v) is 2.76. The van der Waals surface area contributed by atoms with E-state index in [0.29, 0.717) is 11.5 Å². The lowest BCUT2D eigenvalue weighted by Crippen LogP contribution is -1.91. The summed E-state index contributed by atoms with van der Waals surface area (Å²) < 4.78 is 5.59. The molecule has 0 spiro atoms. The normalized spacial score (nSPS) is 10.1. The summed E-state index contributed by atoms with van der Waals surface area (Å²) in [6, 6.07) is 11.8. The van der Waals surface area contributed by atoms with Gasteiger partial charge >= 0.3 is 0 Å². The van der Waals surface area contributed by atoms with Gasteiger partial charge in [-0.25, -0.2) is 0 Å². The number of nitro groups is 1. The fourth-order valence-corrected chi connectivity index (χ4v) is 1.68. The summed E-state index contributed by atoms with van der Waals surface area (Å²) in [5.41, 5.74) is 0.790. The number of nitro benzene ring substituents is 1. The molecule has 0 heterocycles. The van der Waals surface area contributed by atoms with Gasteiger partial charge in [-0.15, -0.1) is 0 Å². The third kappa shape index (κ3) is 2.60. The van der Waals surface area contributed by atoms with E-state index in [1.807, 2.05) is 25.1 Å². The van der Waals surface area contributed by atoms with Gasteiger partial charge in [0, 0.05) is 0 Å². The van der Waals surface area contributed by atoms with Gasteiger partial charge in [-0.05, 0) is 30.7 Å². The number of para-hydroxylation sites is 1. The maximum Gasteiger partial charge on any atom is 0.291 e. The molecule has 2 aromatic carbocycles. The van der Waals surface area contributed by atoms with Gasteiger partial charge in [0.25, 0.3) is 5.69 Å². The van der Waals surface area contributed by atoms with Gasteiger partial charge < -0.3 is 4.74 Å². The molecule has 0 unspecified atom stereocenters. The molecule has 2 rings (SSSR count). The molecule has 18 heavy (non-hydrogen) atoms. The van der Waals surface area contributed by atoms with E-state index in [2.05, 4.69) is 0 Å². The van der Waals surface area contributed by atoms with Crippen molar-refractivity contribution in [2.75, 3.05) is 0 Å². The Hall–Kier alpha value is -2.07. The zero-order valence-corrected chi connectivity index (χ0v) is 10.3. The van der Waals surface area contributed by atoms with Crippen molar-refractivity contribution in [1.82, 2.24) is 0 Å². The van der Waals surface area contributed by atoms with Gasteiger partial charge in [0.1, 0.15) is 16.5 Å². The predicted octanol–water partition coefficient (Wildman–Crippen LogP) is 4.35. The Morgan fingerprint density at radius 1 is 1.22 bits per heavy atom. The van der Waals surface area contributed by atoms with Gasteiger partial charge in [-0.3, -0.25) is 10.1 Å². The van der Waals surface area contributed by atoms with Crippen molar-refractivity contribution in [1.29, 1.82) is 0 Å². The second kappa shape index (κ2) is 5.06. The molecule has 0 bridgehead atoms. The topological polar surface area (TPSA) is 52.4 Å². The van der Waals surface area contributed by atoms with Gasteiger partial charge in [-0.1, -0.05) is 29.8 Å². The molecule has 4 nitrogen and oxygen atoms in total. The van der Waals surface area contributed by atoms with Crippen molar-refractivity contribution in [3.8, 4) is 11.5 Å². The number of ether oxygens (including phenoxy) is 1. The average Bonchev–Trinajstić information content (AvgIpc) is 2.34. The van der Waals surface area contributed by atoms with Crippen LogP contribution >= 0.6 is 11.6 Å². The Morgan fingerprint density at radius 2 is 1.94 bits per heavy atom. The number of benzene rings is 2. The summed E-state index contributed by atoms with van der Waals surface area (Å²) >= 11 is 5.73. The maximum absolute atomic E-state index is 10.8. The molecule has 0 radical (unpaired) electrons. The summed E-state index contributed by atoms with van der Waals surface area (Å²) in [6.45, 7) is 1.90. The molecule has 0 saturated carbocycles. The first-order valence-electron chi connectivity index (χ1n) is 5.25. The zero-order chi connectivity index (χ0) is 13.1. The fourth-order valence-electron chi connectivity index (χ4n) is 1.49. The van der Waals surface area contributed by atoms with E-state index in [1.165, 1.54) is 12.1 Å². The first kappa shape index (κ1) is 12.4. The molecule has 0 aromatic heterocycles. The van der Waals surface area contributed by atoms with Crippen LogP contribution in [-0.4, -0.2) is 4.92 Å². The molecule has 5 heteroatoms. The summed E-state index contributed by atoms with van der Waals surface area (Å²) in [5.74, 6) is 1.05. The minimum atomic E-state index is -0.535. The van der Waals surface area contributed by atoms with E-state index >= 15 is 0 Å². The minimum Gasteiger partial charge on any atom is -0.457 e. The SMILES string of the molecule is Cc1ccccc1Oc1ccc(Cl)c([N+](=O)[O-])c1. The summed E-state index contributed by atoms with van der Waals surface area (Å²) in [5, 5.41) is 10.9. The summed E-state index contributed by atoms with van der Waals surface area (Å²) in [6.07, 6.45) is 0. The van der Waals surface area contributed by atoms with Crippen LogP contribution in [0.25, 0.3) is 0 Å². The summed E-state index contributed by atoms with van der Waals surface area (Å²) in [4.78, 5) is 10.2. The molecule has 0 aliphatic heterocycles. The Kier molecular flexibility index (Phi) is 3.48. The minimum absolute atomic E-state index is 0.0946. The van der Waals surface area contributed by atoms with Gasteiger partial charge in [-0.2, -0.15) is 0 Å². The van der Waals surface area contributed by atoms with E-state index in [-0.39, 0.29) is 10.7 Å². The highest BCUT2D eigenvalue weighted by Gasteiger charge is 2.13.